The van der Waals surface area contributed by atoms with Gasteiger partial charge in [-0.1, -0.05) is 11.6 Å². The number of aryl methyl sites for hydroxylation is 1. The second kappa shape index (κ2) is 4.51. The van der Waals surface area contributed by atoms with E-state index in [9.17, 15) is 0 Å². The number of halogens is 1. The van der Waals surface area contributed by atoms with Crippen molar-refractivity contribution in [3.05, 3.63) is 23.0 Å². The Morgan fingerprint density at radius 2 is 2.21 bits per heavy atom. The Kier molecular flexibility index (Phi) is 3.81. The molecular formula is C10H14ClNOS. The summed E-state index contributed by atoms with van der Waals surface area (Å²) in [6.07, 6.45) is 1.75. The first-order chi connectivity index (χ1) is 6.44. The van der Waals surface area contributed by atoms with Crippen LogP contribution in [-0.4, -0.2) is 21.4 Å². The summed E-state index contributed by atoms with van der Waals surface area (Å²) in [6, 6.07) is 1.83. The molecule has 0 bridgehead atoms. The van der Waals surface area contributed by atoms with Gasteiger partial charge in [-0.25, -0.2) is 4.98 Å². The predicted molar refractivity (Wildman–Crippen MR) is 61.0 cm³/mol. The molecule has 4 heteroatoms. The first-order valence-electron chi connectivity index (χ1n) is 4.36. The molecule has 1 rings (SSSR count). The SMILES string of the molecule is Cc1cnc(Cl)cc1SC(C)(C)CO. The van der Waals surface area contributed by atoms with E-state index in [1.54, 1.807) is 18.0 Å². The standard InChI is InChI=1S/C10H14ClNOS/c1-7-5-12-9(11)4-8(7)14-10(2,3)6-13/h4-5,13H,6H2,1-3H3. The van der Waals surface area contributed by atoms with Crippen LogP contribution in [0.5, 0.6) is 0 Å². The molecule has 0 saturated carbocycles. The molecule has 0 radical (unpaired) electrons. The molecule has 2 nitrogen and oxygen atoms in total. The van der Waals surface area contributed by atoms with Crippen molar-refractivity contribution >= 4 is 23.4 Å². The lowest BCUT2D eigenvalue weighted by atomic mass is 10.2. The van der Waals surface area contributed by atoms with Crippen LogP contribution >= 0.6 is 23.4 Å². The Morgan fingerprint density at radius 3 is 2.79 bits per heavy atom. The monoisotopic (exact) mass is 231 g/mol. The van der Waals surface area contributed by atoms with Crippen molar-refractivity contribution in [2.75, 3.05) is 6.61 Å². The van der Waals surface area contributed by atoms with Gasteiger partial charge in [0, 0.05) is 15.8 Å². The first-order valence-corrected chi connectivity index (χ1v) is 5.56. The summed E-state index contributed by atoms with van der Waals surface area (Å²) >= 11 is 7.41. The fourth-order valence-electron chi connectivity index (χ4n) is 0.921. The molecule has 0 amide bonds. The summed E-state index contributed by atoms with van der Waals surface area (Å²) in [5.74, 6) is 0. The number of hydrogen-bond acceptors (Lipinski definition) is 3. The van der Waals surface area contributed by atoms with Gasteiger partial charge in [0.2, 0.25) is 0 Å². The normalized spacial score (nSPS) is 11.8. The van der Waals surface area contributed by atoms with Gasteiger partial charge < -0.3 is 5.11 Å². The first kappa shape index (κ1) is 11.8. The lowest BCUT2D eigenvalue weighted by Crippen LogP contribution is -2.19. The molecule has 0 aromatic carbocycles. The third-order valence-electron chi connectivity index (χ3n) is 1.79. The van der Waals surface area contributed by atoms with Crippen LogP contribution in [0.3, 0.4) is 0 Å². The second-order valence-electron chi connectivity index (χ2n) is 3.79. The lowest BCUT2D eigenvalue weighted by Gasteiger charge is -2.21. The minimum atomic E-state index is -0.185. The van der Waals surface area contributed by atoms with E-state index in [0.717, 1.165) is 10.5 Å². The Balaban J connectivity index is 2.91. The fraction of sp³-hybridized carbons (Fsp3) is 0.500. The van der Waals surface area contributed by atoms with Crippen molar-refractivity contribution in [1.29, 1.82) is 0 Å². The van der Waals surface area contributed by atoms with Crippen LogP contribution in [-0.2, 0) is 0 Å². The number of aliphatic hydroxyl groups is 1. The highest BCUT2D eigenvalue weighted by Gasteiger charge is 2.19. The van der Waals surface area contributed by atoms with Gasteiger partial charge in [-0.05, 0) is 32.4 Å². The third-order valence-corrected chi connectivity index (χ3v) is 3.34. The minimum absolute atomic E-state index is 0.136. The van der Waals surface area contributed by atoms with Crippen molar-refractivity contribution < 1.29 is 5.11 Å². The molecule has 14 heavy (non-hydrogen) atoms. The van der Waals surface area contributed by atoms with E-state index in [0.29, 0.717) is 5.15 Å². The zero-order valence-corrected chi connectivity index (χ0v) is 10.1. The molecule has 0 atom stereocenters. The van der Waals surface area contributed by atoms with Crippen LogP contribution in [0.1, 0.15) is 19.4 Å². The predicted octanol–water partition coefficient (Wildman–Crippen LogP) is 2.91. The van der Waals surface area contributed by atoms with E-state index in [-0.39, 0.29) is 11.4 Å². The van der Waals surface area contributed by atoms with Crippen LogP contribution in [0.15, 0.2) is 17.2 Å². The van der Waals surface area contributed by atoms with E-state index in [2.05, 4.69) is 4.98 Å². The smallest absolute Gasteiger partial charge is 0.130 e. The highest BCUT2D eigenvalue weighted by atomic mass is 35.5. The summed E-state index contributed by atoms with van der Waals surface area (Å²) < 4.78 is -0.185. The zero-order valence-electron chi connectivity index (χ0n) is 8.54. The van der Waals surface area contributed by atoms with E-state index in [1.807, 2.05) is 26.8 Å². The highest BCUT2D eigenvalue weighted by molar-refractivity contribution is 8.00. The molecule has 1 heterocycles. The maximum absolute atomic E-state index is 9.15. The maximum Gasteiger partial charge on any atom is 0.130 e. The maximum atomic E-state index is 9.15. The number of aliphatic hydroxyl groups excluding tert-OH is 1. The Bertz CT molecular complexity index is 328. The van der Waals surface area contributed by atoms with E-state index in [1.165, 1.54) is 0 Å². The molecule has 0 aliphatic heterocycles. The number of pyridine rings is 1. The van der Waals surface area contributed by atoms with Gasteiger partial charge >= 0.3 is 0 Å². The topological polar surface area (TPSA) is 33.1 Å². The van der Waals surface area contributed by atoms with Gasteiger partial charge in [0.15, 0.2) is 0 Å². The third kappa shape index (κ3) is 3.15. The van der Waals surface area contributed by atoms with Crippen molar-refractivity contribution in [3.63, 3.8) is 0 Å². The largest absolute Gasteiger partial charge is 0.395 e. The number of rotatable bonds is 3. The molecule has 0 unspecified atom stereocenters. The Labute approximate surface area is 93.7 Å². The molecule has 1 aromatic rings. The highest BCUT2D eigenvalue weighted by Crippen LogP contribution is 2.34. The summed E-state index contributed by atoms with van der Waals surface area (Å²) in [5.41, 5.74) is 1.08. The quantitative estimate of drug-likeness (QED) is 0.642. The summed E-state index contributed by atoms with van der Waals surface area (Å²) in [4.78, 5) is 5.06. The van der Waals surface area contributed by atoms with Gasteiger partial charge in [0.1, 0.15) is 5.15 Å². The Hall–Kier alpha value is -0.250. The van der Waals surface area contributed by atoms with E-state index < -0.39 is 0 Å². The molecule has 0 aliphatic rings. The summed E-state index contributed by atoms with van der Waals surface area (Å²) in [7, 11) is 0. The van der Waals surface area contributed by atoms with Crippen LogP contribution in [0, 0.1) is 6.92 Å². The van der Waals surface area contributed by atoms with Crippen molar-refractivity contribution in [2.45, 2.75) is 30.4 Å². The number of thioether (sulfide) groups is 1. The molecule has 1 N–H and O–H groups in total. The molecule has 1 aromatic heterocycles. The average molecular weight is 232 g/mol. The number of nitrogens with zero attached hydrogens (tertiary/aromatic N) is 1. The van der Waals surface area contributed by atoms with Gasteiger partial charge in [-0.3, -0.25) is 0 Å². The van der Waals surface area contributed by atoms with Crippen LogP contribution < -0.4 is 0 Å². The summed E-state index contributed by atoms with van der Waals surface area (Å²) in [6.45, 7) is 6.10. The van der Waals surface area contributed by atoms with E-state index in [4.69, 9.17) is 16.7 Å². The van der Waals surface area contributed by atoms with Gasteiger partial charge in [-0.2, -0.15) is 0 Å². The fourth-order valence-corrected chi connectivity index (χ4v) is 2.19. The summed E-state index contributed by atoms with van der Waals surface area (Å²) in [5, 5.41) is 9.64. The van der Waals surface area contributed by atoms with Gasteiger partial charge in [-0.15, -0.1) is 11.8 Å². The molecule has 78 valence electrons. The van der Waals surface area contributed by atoms with Crippen LogP contribution in [0.2, 0.25) is 5.15 Å². The minimum Gasteiger partial charge on any atom is -0.395 e. The van der Waals surface area contributed by atoms with Gasteiger partial charge in [0.05, 0.1) is 6.61 Å². The van der Waals surface area contributed by atoms with Gasteiger partial charge in [0.25, 0.3) is 0 Å². The number of hydrogen-bond donors (Lipinski definition) is 1. The molecule has 0 fully saturated rings. The lowest BCUT2D eigenvalue weighted by molar-refractivity contribution is 0.265. The number of aromatic nitrogens is 1. The van der Waals surface area contributed by atoms with Crippen molar-refractivity contribution in [3.8, 4) is 0 Å². The molecule has 0 spiro atoms. The van der Waals surface area contributed by atoms with Crippen LogP contribution in [0.4, 0.5) is 0 Å². The van der Waals surface area contributed by atoms with Crippen molar-refractivity contribution in [2.24, 2.45) is 0 Å². The molecular weight excluding hydrogens is 218 g/mol. The molecule has 0 aliphatic carbocycles. The van der Waals surface area contributed by atoms with Crippen molar-refractivity contribution in [1.82, 2.24) is 4.98 Å². The second-order valence-corrected chi connectivity index (χ2v) is 5.93. The van der Waals surface area contributed by atoms with Crippen LogP contribution in [0.25, 0.3) is 0 Å². The Morgan fingerprint density at radius 1 is 1.57 bits per heavy atom. The zero-order chi connectivity index (χ0) is 10.8. The van der Waals surface area contributed by atoms with E-state index >= 15 is 0 Å². The molecule has 0 saturated heterocycles. The average Bonchev–Trinajstić information content (AvgIpc) is 2.11.